The number of carbonyl (C=O) groups excluding carboxylic acids is 1. The Kier molecular flexibility index (Phi) is 4.52. The van der Waals surface area contributed by atoms with Crippen LogP contribution in [0.15, 0.2) is 4.99 Å². The van der Waals surface area contributed by atoms with Gasteiger partial charge in [0.05, 0.1) is 0 Å². The summed E-state index contributed by atoms with van der Waals surface area (Å²) in [4.78, 5) is 24.4. The smallest absolute Gasteiger partial charge is 0.357 e. The molecule has 4 nitrogen and oxygen atoms in total. The van der Waals surface area contributed by atoms with Gasteiger partial charge < -0.3 is 5.11 Å². The highest BCUT2D eigenvalue weighted by Gasteiger charge is 2.13. The van der Waals surface area contributed by atoms with Gasteiger partial charge in [0.25, 0.3) is 0 Å². The Labute approximate surface area is 69.7 Å². The molecule has 0 bridgehead atoms. The van der Waals surface area contributed by atoms with E-state index in [0.29, 0.717) is 5.75 Å². The molecule has 0 rings (SSSR count). The van der Waals surface area contributed by atoms with Crippen molar-refractivity contribution in [2.24, 2.45) is 4.99 Å². The van der Waals surface area contributed by atoms with Crippen LogP contribution >= 0.6 is 12.6 Å². The Morgan fingerprint density at radius 1 is 1.55 bits per heavy atom. The van der Waals surface area contributed by atoms with Gasteiger partial charge in [0.15, 0.2) is 11.5 Å². The lowest BCUT2D eigenvalue weighted by atomic mass is 10.3. The van der Waals surface area contributed by atoms with Crippen molar-refractivity contribution in [1.82, 2.24) is 0 Å². The molecule has 0 radical (unpaired) electrons. The number of nitrogens with zero attached hydrogens (tertiary/aromatic N) is 1. The van der Waals surface area contributed by atoms with Crippen molar-refractivity contribution in [2.75, 3.05) is 12.3 Å². The van der Waals surface area contributed by atoms with Gasteiger partial charge in [0.2, 0.25) is 0 Å². The van der Waals surface area contributed by atoms with Crippen LogP contribution < -0.4 is 0 Å². The number of ketones is 1. The van der Waals surface area contributed by atoms with Crippen LogP contribution in [0.4, 0.5) is 0 Å². The summed E-state index contributed by atoms with van der Waals surface area (Å²) >= 11 is 3.82. The minimum absolute atomic E-state index is 0.254. The third-order valence-electron chi connectivity index (χ3n) is 0.906. The number of thiol groups is 1. The molecule has 0 saturated carbocycles. The van der Waals surface area contributed by atoms with Gasteiger partial charge in [-0.05, 0) is 0 Å². The lowest BCUT2D eigenvalue weighted by Gasteiger charge is -1.93. The van der Waals surface area contributed by atoms with Crippen molar-refractivity contribution in [3.63, 3.8) is 0 Å². The SMILES string of the molecule is CC(=O)C(=NCCS)C(=O)O. The van der Waals surface area contributed by atoms with Crippen molar-refractivity contribution in [2.45, 2.75) is 6.92 Å². The normalized spacial score (nSPS) is 11.3. The molecule has 11 heavy (non-hydrogen) atoms. The van der Waals surface area contributed by atoms with E-state index in [-0.39, 0.29) is 6.54 Å². The second-order valence-corrected chi connectivity index (χ2v) is 2.26. The molecule has 0 heterocycles. The largest absolute Gasteiger partial charge is 0.476 e. The van der Waals surface area contributed by atoms with Crippen LogP contribution in [0.3, 0.4) is 0 Å². The fourth-order valence-corrected chi connectivity index (χ4v) is 0.591. The van der Waals surface area contributed by atoms with Gasteiger partial charge in [-0.3, -0.25) is 9.79 Å². The second-order valence-electron chi connectivity index (χ2n) is 1.82. The molecule has 0 aromatic carbocycles. The summed E-state index contributed by atoms with van der Waals surface area (Å²) in [6, 6.07) is 0. The number of rotatable bonds is 4. The first-order chi connectivity index (χ1) is 5.09. The van der Waals surface area contributed by atoms with Crippen molar-refractivity contribution in [3.05, 3.63) is 0 Å². The fraction of sp³-hybridized carbons (Fsp3) is 0.500. The first kappa shape index (κ1) is 10.2. The summed E-state index contributed by atoms with van der Waals surface area (Å²) in [5.74, 6) is -1.37. The van der Waals surface area contributed by atoms with Gasteiger partial charge in [-0.15, -0.1) is 0 Å². The third kappa shape index (κ3) is 3.77. The number of carboxylic acids is 1. The van der Waals surface area contributed by atoms with E-state index in [1.165, 1.54) is 6.92 Å². The number of carbonyl (C=O) groups is 2. The summed E-state index contributed by atoms with van der Waals surface area (Å²) in [6.45, 7) is 1.43. The first-order valence-electron chi connectivity index (χ1n) is 2.99. The third-order valence-corrected chi connectivity index (χ3v) is 1.11. The van der Waals surface area contributed by atoms with E-state index in [1.807, 2.05) is 0 Å². The molecule has 0 aliphatic carbocycles. The van der Waals surface area contributed by atoms with E-state index >= 15 is 0 Å². The van der Waals surface area contributed by atoms with Gasteiger partial charge in [-0.2, -0.15) is 12.6 Å². The molecule has 0 fully saturated rings. The number of hydrogen-bond donors (Lipinski definition) is 2. The Morgan fingerprint density at radius 3 is 2.36 bits per heavy atom. The van der Waals surface area contributed by atoms with Crippen molar-refractivity contribution >= 4 is 30.1 Å². The van der Waals surface area contributed by atoms with Crippen molar-refractivity contribution in [3.8, 4) is 0 Å². The van der Waals surface area contributed by atoms with Crippen LogP contribution in [0.2, 0.25) is 0 Å². The van der Waals surface area contributed by atoms with E-state index in [9.17, 15) is 9.59 Å². The Balaban J connectivity index is 4.33. The van der Waals surface area contributed by atoms with E-state index in [1.54, 1.807) is 0 Å². The Morgan fingerprint density at radius 2 is 2.09 bits per heavy atom. The molecule has 0 amide bonds. The van der Waals surface area contributed by atoms with Crippen LogP contribution in [0, 0.1) is 0 Å². The monoisotopic (exact) mass is 175 g/mol. The zero-order valence-corrected chi connectivity index (χ0v) is 6.97. The van der Waals surface area contributed by atoms with Gasteiger partial charge in [0, 0.05) is 19.2 Å². The summed E-state index contributed by atoms with van der Waals surface area (Å²) in [5, 5.41) is 8.39. The quantitative estimate of drug-likeness (QED) is 0.360. The lowest BCUT2D eigenvalue weighted by Crippen LogP contribution is -2.21. The minimum Gasteiger partial charge on any atom is -0.476 e. The van der Waals surface area contributed by atoms with Gasteiger partial charge >= 0.3 is 5.97 Å². The standard InChI is InChI=1S/C6H9NO3S/c1-4(8)5(6(9)10)7-2-3-11/h11H,2-3H2,1H3,(H,9,10). The van der Waals surface area contributed by atoms with Crippen LogP contribution in [-0.4, -0.2) is 34.9 Å². The average Bonchev–Trinajstić information content (AvgIpc) is 1.87. The molecule has 0 atom stereocenters. The Bertz CT molecular complexity index is 184. The first-order valence-corrected chi connectivity index (χ1v) is 3.62. The lowest BCUT2D eigenvalue weighted by molar-refractivity contribution is -0.130. The maximum Gasteiger partial charge on any atom is 0.357 e. The zero-order valence-electron chi connectivity index (χ0n) is 6.07. The topological polar surface area (TPSA) is 66.7 Å². The van der Waals surface area contributed by atoms with E-state index in [2.05, 4.69) is 17.6 Å². The van der Waals surface area contributed by atoms with Gasteiger partial charge in [-0.1, -0.05) is 0 Å². The molecule has 0 aromatic heterocycles. The molecule has 0 spiro atoms. The zero-order chi connectivity index (χ0) is 8.85. The van der Waals surface area contributed by atoms with Crippen molar-refractivity contribution in [1.29, 1.82) is 0 Å². The van der Waals surface area contributed by atoms with Crippen LogP contribution in [0.1, 0.15) is 6.92 Å². The molecule has 0 unspecified atom stereocenters. The number of aliphatic carboxylic acids is 1. The summed E-state index contributed by atoms with van der Waals surface area (Å²) in [6.07, 6.45) is 0. The average molecular weight is 175 g/mol. The summed E-state index contributed by atoms with van der Waals surface area (Å²) in [5.41, 5.74) is -0.404. The predicted octanol–water partition coefficient (Wildman–Crippen LogP) is 0.0308. The fourth-order valence-electron chi connectivity index (χ4n) is 0.491. The molecule has 1 N–H and O–H groups in total. The Hall–Kier alpha value is -0.840. The number of carboxylic acid groups (broad SMARTS) is 1. The van der Waals surface area contributed by atoms with Crippen LogP contribution in [0.5, 0.6) is 0 Å². The molecular formula is C6H9NO3S. The molecule has 62 valence electrons. The maximum atomic E-state index is 10.6. The highest BCUT2D eigenvalue weighted by Crippen LogP contribution is 1.84. The van der Waals surface area contributed by atoms with E-state index < -0.39 is 17.5 Å². The highest BCUT2D eigenvalue weighted by atomic mass is 32.1. The number of hydrogen-bond acceptors (Lipinski definition) is 4. The molecule has 0 aromatic rings. The summed E-state index contributed by atoms with van der Waals surface area (Å²) < 4.78 is 0. The summed E-state index contributed by atoms with van der Waals surface area (Å²) in [7, 11) is 0. The predicted molar refractivity (Wildman–Crippen MR) is 44.5 cm³/mol. The molecule has 0 saturated heterocycles. The van der Waals surface area contributed by atoms with Gasteiger partial charge in [0.1, 0.15) is 0 Å². The van der Waals surface area contributed by atoms with Crippen LogP contribution in [-0.2, 0) is 9.59 Å². The second kappa shape index (κ2) is 4.90. The molecular weight excluding hydrogens is 166 g/mol. The highest BCUT2D eigenvalue weighted by molar-refractivity contribution is 7.80. The van der Waals surface area contributed by atoms with Crippen LogP contribution in [0.25, 0.3) is 0 Å². The maximum absolute atomic E-state index is 10.6. The van der Waals surface area contributed by atoms with Gasteiger partial charge in [-0.25, -0.2) is 4.79 Å². The molecule has 0 aliphatic heterocycles. The van der Waals surface area contributed by atoms with Crippen molar-refractivity contribution < 1.29 is 14.7 Å². The number of Topliss-reactive ketones (excluding diaryl/α,β-unsaturated/α-hetero) is 1. The number of aliphatic imine (C=N–C) groups is 1. The molecule has 0 aliphatic rings. The molecule has 5 heteroatoms. The van der Waals surface area contributed by atoms with E-state index in [0.717, 1.165) is 0 Å². The van der Waals surface area contributed by atoms with E-state index in [4.69, 9.17) is 5.11 Å². The minimum atomic E-state index is -1.28.